The van der Waals surface area contributed by atoms with E-state index < -0.39 is 36.8 Å². The fraction of sp³-hybridized carbons (Fsp3) is 0.744. The SMILES string of the molecule is C=C1C=C(C2CCC3(O)C4CCC5CC(OCC(=O)NCCCCCCNC(=O)CCN6C(=O)C=CC6=O)CCC5(C)C4CC(OP(=O)(O)O)C23C)CO1. The Morgan fingerprint density at radius 2 is 1.65 bits per heavy atom. The summed E-state index contributed by atoms with van der Waals surface area (Å²) in [5.74, 6) is -0.443. The predicted molar refractivity (Wildman–Crippen MR) is 197 cm³/mol. The van der Waals surface area contributed by atoms with Gasteiger partial charge in [-0.15, -0.1) is 0 Å². The number of imide groups is 1. The average molecular weight is 776 g/mol. The highest BCUT2D eigenvalue weighted by molar-refractivity contribution is 7.46. The Morgan fingerprint density at radius 1 is 0.963 bits per heavy atom. The van der Waals surface area contributed by atoms with E-state index in [0.717, 1.165) is 68.3 Å². The number of phosphoric ester groups is 1. The van der Waals surface area contributed by atoms with Crippen molar-refractivity contribution in [1.82, 2.24) is 15.5 Å². The molecule has 0 aromatic heterocycles. The van der Waals surface area contributed by atoms with Crippen molar-refractivity contribution in [2.24, 2.45) is 34.5 Å². The number of amides is 4. The van der Waals surface area contributed by atoms with Gasteiger partial charge in [-0.25, -0.2) is 4.57 Å². The molecule has 15 heteroatoms. The third-order valence-corrected chi connectivity index (χ3v) is 14.5. The highest BCUT2D eigenvalue weighted by atomic mass is 31.2. The summed E-state index contributed by atoms with van der Waals surface area (Å²) >= 11 is 0. The largest absolute Gasteiger partial charge is 0.490 e. The van der Waals surface area contributed by atoms with Crippen molar-refractivity contribution in [1.29, 1.82) is 0 Å². The van der Waals surface area contributed by atoms with Gasteiger partial charge in [-0.2, -0.15) is 0 Å². The first-order chi connectivity index (χ1) is 25.5. The van der Waals surface area contributed by atoms with Gasteiger partial charge in [0.05, 0.1) is 17.8 Å². The van der Waals surface area contributed by atoms with E-state index in [1.165, 1.54) is 12.2 Å². The molecule has 300 valence electrons. The molecule has 5 N–H and O–H groups in total. The molecule has 2 heterocycles. The number of nitrogens with zero attached hydrogens (tertiary/aromatic N) is 1. The number of nitrogens with one attached hydrogen (secondary N) is 2. The van der Waals surface area contributed by atoms with Crippen molar-refractivity contribution in [3.63, 3.8) is 0 Å². The maximum atomic E-state index is 12.7. The van der Waals surface area contributed by atoms with Gasteiger partial charge in [-0.05, 0) is 105 Å². The Labute approximate surface area is 317 Å². The lowest BCUT2D eigenvalue weighted by Gasteiger charge is -2.65. The van der Waals surface area contributed by atoms with Crippen LogP contribution in [0.5, 0.6) is 0 Å². The van der Waals surface area contributed by atoms with E-state index in [1.54, 1.807) is 0 Å². The maximum Gasteiger partial charge on any atom is 0.469 e. The quantitative estimate of drug-likeness (QED) is 0.0868. The molecule has 0 aromatic carbocycles. The molecule has 14 nitrogen and oxygen atoms in total. The minimum atomic E-state index is -4.86. The molecule has 4 saturated carbocycles. The van der Waals surface area contributed by atoms with Crippen LogP contribution in [0.1, 0.15) is 97.3 Å². The highest BCUT2D eigenvalue weighted by Crippen LogP contribution is 2.71. The zero-order chi connectivity index (χ0) is 38.9. The smallest absolute Gasteiger partial charge is 0.469 e. The lowest BCUT2D eigenvalue weighted by molar-refractivity contribution is -0.242. The number of carbonyl (C=O) groups is 4. The minimum Gasteiger partial charge on any atom is -0.490 e. The number of aliphatic hydroxyl groups is 1. The van der Waals surface area contributed by atoms with E-state index >= 15 is 0 Å². The van der Waals surface area contributed by atoms with Gasteiger partial charge in [0.2, 0.25) is 11.8 Å². The van der Waals surface area contributed by atoms with Crippen molar-refractivity contribution in [3.8, 4) is 0 Å². The Kier molecular flexibility index (Phi) is 12.3. The Bertz CT molecular complexity index is 1580. The summed E-state index contributed by atoms with van der Waals surface area (Å²) in [5, 5.41) is 18.5. The average Bonchev–Trinajstić information content (AvgIpc) is 3.77. The number of fused-ring (bicyclic) bond motifs is 5. The zero-order valence-electron chi connectivity index (χ0n) is 31.6. The van der Waals surface area contributed by atoms with E-state index in [9.17, 15) is 38.6 Å². The number of hydrogen-bond acceptors (Lipinski definition) is 9. The molecule has 9 unspecified atom stereocenters. The summed E-state index contributed by atoms with van der Waals surface area (Å²) in [5.41, 5.74) is -1.22. The first-order valence-electron chi connectivity index (χ1n) is 19.7. The molecule has 0 saturated heterocycles. The molecule has 0 radical (unpaired) electrons. The molecular formula is C39H58N3O11P. The Balaban J connectivity index is 0.924. The topological polar surface area (TPSA) is 201 Å². The second-order valence-electron chi connectivity index (χ2n) is 16.8. The third kappa shape index (κ3) is 8.30. The molecule has 4 fully saturated rings. The summed E-state index contributed by atoms with van der Waals surface area (Å²) < 4.78 is 29.8. The molecule has 2 aliphatic heterocycles. The molecule has 6 aliphatic rings. The van der Waals surface area contributed by atoms with Crippen LogP contribution in [0.2, 0.25) is 0 Å². The number of allylic oxidation sites excluding steroid dienone is 1. The molecule has 4 aliphatic carbocycles. The van der Waals surface area contributed by atoms with Gasteiger partial charge in [-0.3, -0.25) is 28.6 Å². The summed E-state index contributed by atoms with van der Waals surface area (Å²) in [6.07, 6.45) is 12.7. The lowest BCUT2D eigenvalue weighted by Crippen LogP contribution is -2.67. The van der Waals surface area contributed by atoms with Crippen LogP contribution in [-0.2, 0) is 37.7 Å². The Morgan fingerprint density at radius 3 is 2.30 bits per heavy atom. The molecule has 6 rings (SSSR count). The first-order valence-corrected chi connectivity index (χ1v) is 21.2. The fourth-order valence-corrected chi connectivity index (χ4v) is 11.8. The molecule has 0 aromatic rings. The molecule has 0 spiro atoms. The number of unbranched alkanes of at least 4 members (excludes halogenated alkanes) is 3. The molecule has 54 heavy (non-hydrogen) atoms. The van der Waals surface area contributed by atoms with Gasteiger partial charge >= 0.3 is 7.82 Å². The molecule has 9 atom stereocenters. The molecule has 0 bridgehead atoms. The van der Waals surface area contributed by atoms with Crippen LogP contribution < -0.4 is 10.6 Å². The van der Waals surface area contributed by atoms with Gasteiger partial charge < -0.3 is 35.0 Å². The van der Waals surface area contributed by atoms with Crippen LogP contribution in [0.4, 0.5) is 0 Å². The summed E-state index contributed by atoms with van der Waals surface area (Å²) in [4.78, 5) is 69.0. The monoisotopic (exact) mass is 775 g/mol. The van der Waals surface area contributed by atoms with Crippen LogP contribution in [-0.4, -0.2) is 94.1 Å². The van der Waals surface area contributed by atoms with Gasteiger partial charge in [0.25, 0.3) is 11.8 Å². The van der Waals surface area contributed by atoms with E-state index in [4.69, 9.17) is 14.0 Å². The van der Waals surface area contributed by atoms with E-state index in [0.29, 0.717) is 44.7 Å². The standard InChI is InChI=1S/C39H58N3O11P/c1-25-20-26(23-51-25)29-13-16-39(47)30-9-8-27-21-28(12-15-37(27,2)31(30)22-32(38(29,39)3)53-54(48,49)50)52-24-34(44)41-18-7-5-4-6-17-40-33(43)14-19-42-35(45)10-11-36(42)46/h10-11,20,27-32,47H,1,4-9,12-19,21-24H2,2-3H3,(H,40,43)(H,41,44)(H2,48,49,50). The summed E-state index contributed by atoms with van der Waals surface area (Å²) in [7, 11) is -4.86. The van der Waals surface area contributed by atoms with Gasteiger partial charge in [0, 0.05) is 43.6 Å². The van der Waals surface area contributed by atoms with Crippen molar-refractivity contribution in [2.45, 2.75) is 115 Å². The van der Waals surface area contributed by atoms with Crippen LogP contribution in [0, 0.1) is 34.5 Å². The summed E-state index contributed by atoms with van der Waals surface area (Å²) in [6, 6.07) is 0. The molecular weight excluding hydrogens is 717 g/mol. The van der Waals surface area contributed by atoms with Gasteiger partial charge in [0.15, 0.2) is 0 Å². The Hall–Kier alpha value is -2.87. The number of hydrogen-bond donors (Lipinski definition) is 5. The molecule has 4 amide bonds. The van der Waals surface area contributed by atoms with E-state index in [-0.39, 0.29) is 66.6 Å². The third-order valence-electron chi connectivity index (χ3n) is 14.0. The number of phosphoric acid groups is 1. The normalized spacial score (nSPS) is 36.0. The first kappa shape index (κ1) is 40.8. The predicted octanol–water partition coefficient (Wildman–Crippen LogP) is 3.81. The number of ether oxygens (including phenoxy) is 2. The van der Waals surface area contributed by atoms with Crippen molar-refractivity contribution >= 4 is 31.5 Å². The summed E-state index contributed by atoms with van der Waals surface area (Å²) in [6.45, 7) is 9.62. The maximum absolute atomic E-state index is 12.7. The van der Waals surface area contributed by atoms with E-state index in [2.05, 4.69) is 24.1 Å². The minimum absolute atomic E-state index is 0.0133. The van der Waals surface area contributed by atoms with Crippen LogP contribution >= 0.6 is 7.82 Å². The van der Waals surface area contributed by atoms with Crippen molar-refractivity contribution in [3.05, 3.63) is 36.1 Å². The second kappa shape index (κ2) is 16.3. The van der Waals surface area contributed by atoms with Crippen LogP contribution in [0.15, 0.2) is 36.1 Å². The van der Waals surface area contributed by atoms with Crippen molar-refractivity contribution in [2.75, 3.05) is 32.8 Å². The van der Waals surface area contributed by atoms with Crippen molar-refractivity contribution < 1.29 is 52.6 Å². The highest BCUT2D eigenvalue weighted by Gasteiger charge is 2.72. The second-order valence-corrected chi connectivity index (χ2v) is 18.0. The number of carbonyl (C=O) groups excluding carboxylic acids is 4. The van der Waals surface area contributed by atoms with E-state index in [1.807, 2.05) is 13.0 Å². The zero-order valence-corrected chi connectivity index (χ0v) is 32.5. The van der Waals surface area contributed by atoms with Gasteiger partial charge in [-0.1, -0.05) is 33.3 Å². The van der Waals surface area contributed by atoms with Crippen LogP contribution in [0.25, 0.3) is 0 Å². The van der Waals surface area contributed by atoms with Gasteiger partial charge in [0.1, 0.15) is 19.0 Å². The number of rotatable bonds is 16. The van der Waals surface area contributed by atoms with Crippen LogP contribution in [0.3, 0.4) is 0 Å². The lowest BCUT2D eigenvalue weighted by atomic mass is 9.42. The fourth-order valence-electron chi connectivity index (χ4n) is 11.1.